The maximum absolute atomic E-state index is 11.5. The molecule has 4 aromatic rings. The zero-order valence-corrected chi connectivity index (χ0v) is 17.1. The molecule has 0 saturated carbocycles. The minimum Gasteiger partial charge on any atom is -0.871 e. The molecule has 0 N–H and O–H groups in total. The first-order valence-corrected chi connectivity index (χ1v) is 8.43. The van der Waals surface area contributed by atoms with E-state index < -0.39 is 0 Å². The van der Waals surface area contributed by atoms with Crippen molar-refractivity contribution in [2.45, 2.75) is 27.7 Å². The van der Waals surface area contributed by atoms with Crippen molar-refractivity contribution in [2.24, 2.45) is 0 Å². The van der Waals surface area contributed by atoms with Gasteiger partial charge in [-0.05, 0) is 62.7 Å². The van der Waals surface area contributed by atoms with Gasteiger partial charge in [0.25, 0.3) is 0 Å². The van der Waals surface area contributed by atoms with Gasteiger partial charge in [0.15, 0.2) is 0 Å². The van der Waals surface area contributed by atoms with Crippen molar-refractivity contribution in [2.75, 3.05) is 0 Å². The summed E-state index contributed by atoms with van der Waals surface area (Å²) in [5.41, 5.74) is 4.89. The fraction of sp³-hybridized carbons (Fsp3) is 0.182. The monoisotopic (exact) mass is 371 g/mol. The average molecular weight is 371 g/mol. The van der Waals surface area contributed by atoms with E-state index in [0.29, 0.717) is 11.0 Å². The second kappa shape index (κ2) is 8.39. The van der Waals surface area contributed by atoms with Crippen molar-refractivity contribution < 1.29 is 10.2 Å². The summed E-state index contributed by atoms with van der Waals surface area (Å²) < 4.78 is 0. The summed E-state index contributed by atoms with van der Waals surface area (Å²) in [5, 5.41) is 24.8. The molecule has 0 fully saturated rings. The number of pyridine rings is 2. The molecular weight excluding hydrogens is 351 g/mol. The molecule has 2 heterocycles. The molecule has 2 aromatic carbocycles. The molecule has 2 aromatic heterocycles. The van der Waals surface area contributed by atoms with Gasteiger partial charge in [0, 0.05) is 11.4 Å². The summed E-state index contributed by atoms with van der Waals surface area (Å²) in [7, 11) is 0. The maximum atomic E-state index is 11.5. The molecule has 0 atom stereocenters. The van der Waals surface area contributed by atoms with Gasteiger partial charge in [-0.1, -0.05) is 46.9 Å². The van der Waals surface area contributed by atoms with Crippen LogP contribution < -0.4 is 10.2 Å². The number of aromatic nitrogens is 2. The largest absolute Gasteiger partial charge is 2.00 e. The van der Waals surface area contributed by atoms with Gasteiger partial charge in [-0.2, -0.15) is 0 Å². The van der Waals surface area contributed by atoms with Crippen LogP contribution in [0.3, 0.4) is 0 Å². The van der Waals surface area contributed by atoms with Crippen molar-refractivity contribution >= 4 is 39.2 Å². The molecule has 27 heavy (non-hydrogen) atoms. The Morgan fingerprint density at radius 2 is 0.963 bits per heavy atom. The molecule has 0 aliphatic heterocycles. The Bertz CT molecular complexity index is 1020. The van der Waals surface area contributed by atoms with E-state index in [4.69, 9.17) is 0 Å². The average Bonchev–Trinajstić information content (AvgIpc) is 2.57. The van der Waals surface area contributed by atoms with Crippen LogP contribution in [0.5, 0.6) is 11.5 Å². The number of rotatable bonds is 0. The van der Waals surface area contributed by atoms with E-state index >= 15 is 0 Å². The molecule has 0 unspecified atom stereocenters. The normalized spacial score (nSPS) is 10.2. The van der Waals surface area contributed by atoms with Gasteiger partial charge >= 0.3 is 17.4 Å². The van der Waals surface area contributed by atoms with Crippen LogP contribution in [0.15, 0.2) is 48.5 Å². The van der Waals surface area contributed by atoms with Crippen LogP contribution >= 0.6 is 0 Å². The van der Waals surface area contributed by atoms with E-state index in [-0.39, 0.29) is 28.9 Å². The van der Waals surface area contributed by atoms with Gasteiger partial charge in [-0.25, -0.2) is 0 Å². The van der Waals surface area contributed by atoms with Gasteiger partial charge in [0.05, 0.1) is 11.0 Å². The quantitative estimate of drug-likeness (QED) is 0.444. The van der Waals surface area contributed by atoms with Gasteiger partial charge in [0.1, 0.15) is 0 Å². The fourth-order valence-corrected chi connectivity index (χ4v) is 2.89. The van der Waals surface area contributed by atoms with E-state index in [9.17, 15) is 10.2 Å². The van der Waals surface area contributed by atoms with E-state index in [1.807, 2.05) is 64.1 Å². The van der Waals surface area contributed by atoms with E-state index in [2.05, 4.69) is 9.97 Å². The molecule has 133 valence electrons. The first-order chi connectivity index (χ1) is 12.3. The second-order valence-electron chi connectivity index (χ2n) is 6.57. The van der Waals surface area contributed by atoms with Crippen LogP contribution in [0.25, 0.3) is 21.8 Å². The van der Waals surface area contributed by atoms with Crippen LogP contribution in [0.2, 0.25) is 0 Å². The van der Waals surface area contributed by atoms with Crippen LogP contribution in [-0.4, -0.2) is 27.3 Å². The number of benzene rings is 2. The summed E-state index contributed by atoms with van der Waals surface area (Å²) in [4.78, 5) is 8.41. The molecule has 4 rings (SSSR count). The molecule has 0 amide bonds. The Kier molecular flexibility index (Phi) is 6.43. The van der Waals surface area contributed by atoms with E-state index in [0.717, 1.165) is 33.3 Å². The van der Waals surface area contributed by atoms with Crippen LogP contribution in [0.4, 0.5) is 0 Å². The predicted octanol–water partition coefficient (Wildman–Crippen LogP) is 3.47. The van der Waals surface area contributed by atoms with Crippen LogP contribution in [-0.2, 0) is 0 Å². The number of aryl methyl sites for hydroxylation is 4. The number of hydrogen-bond donors (Lipinski definition) is 0. The molecule has 5 heteroatoms. The van der Waals surface area contributed by atoms with Crippen molar-refractivity contribution in [1.82, 2.24) is 9.97 Å². The Morgan fingerprint density at radius 1 is 0.593 bits per heavy atom. The molecule has 0 aliphatic rings. The first-order valence-electron chi connectivity index (χ1n) is 8.43. The van der Waals surface area contributed by atoms with Crippen molar-refractivity contribution in [3.05, 3.63) is 71.0 Å². The first kappa shape index (κ1) is 20.7. The summed E-state index contributed by atoms with van der Waals surface area (Å²) >= 11 is 0. The molecule has 0 aliphatic carbocycles. The van der Waals surface area contributed by atoms with Gasteiger partial charge in [0.2, 0.25) is 0 Å². The topological polar surface area (TPSA) is 71.9 Å². The standard InChI is InChI=1S/2C11H11NO.Al/c2*1-7-5-9-4-3-8(2)12-11(9)10(13)6-7;/h2*3-6,13H,1-2H3;/q;;+2/p-2. The molecule has 0 bridgehead atoms. The Labute approximate surface area is 169 Å². The smallest absolute Gasteiger partial charge is 0.871 e. The SMILES string of the molecule is Cc1cc([O-])c2nc(C)ccc2c1.Cc1cc([O-])c2nc(C)ccc2c1.[Al+2]. The molecule has 4 nitrogen and oxygen atoms in total. The zero-order valence-electron chi connectivity index (χ0n) is 15.9. The van der Waals surface area contributed by atoms with Gasteiger partial charge < -0.3 is 10.2 Å². The third-order valence-electron chi connectivity index (χ3n) is 4.08. The third-order valence-corrected chi connectivity index (χ3v) is 4.08. The van der Waals surface area contributed by atoms with Crippen molar-refractivity contribution in [1.29, 1.82) is 0 Å². The molecule has 0 saturated heterocycles. The minimum atomic E-state index is 0. The molecular formula is C22H20AlN2O2. The fourth-order valence-electron chi connectivity index (χ4n) is 2.89. The summed E-state index contributed by atoms with van der Waals surface area (Å²) in [6, 6.07) is 14.9. The summed E-state index contributed by atoms with van der Waals surface area (Å²) in [5.74, 6) is 0.0254. The van der Waals surface area contributed by atoms with E-state index in [1.165, 1.54) is 0 Å². The van der Waals surface area contributed by atoms with Gasteiger partial charge in [-0.15, -0.1) is 0 Å². The Morgan fingerprint density at radius 3 is 1.33 bits per heavy atom. The maximum Gasteiger partial charge on any atom is 2.00 e. The zero-order chi connectivity index (χ0) is 18.8. The Hall–Kier alpha value is -2.61. The predicted molar refractivity (Wildman–Crippen MR) is 107 cm³/mol. The third kappa shape index (κ3) is 4.77. The molecule has 1 radical (unpaired) electrons. The number of nitrogens with zero attached hydrogens (tertiary/aromatic N) is 2. The number of fused-ring (bicyclic) bond motifs is 2. The van der Waals surface area contributed by atoms with Crippen LogP contribution in [0.1, 0.15) is 22.5 Å². The van der Waals surface area contributed by atoms with Crippen molar-refractivity contribution in [3.63, 3.8) is 0 Å². The number of hydrogen-bond acceptors (Lipinski definition) is 4. The second-order valence-corrected chi connectivity index (χ2v) is 6.57. The van der Waals surface area contributed by atoms with Crippen LogP contribution in [0, 0.1) is 27.7 Å². The summed E-state index contributed by atoms with van der Waals surface area (Å²) in [6.45, 7) is 7.61. The molecule has 0 spiro atoms. The van der Waals surface area contributed by atoms with Gasteiger partial charge in [-0.3, -0.25) is 9.97 Å². The minimum absolute atomic E-state index is 0. The van der Waals surface area contributed by atoms with E-state index in [1.54, 1.807) is 12.1 Å². The van der Waals surface area contributed by atoms with Crippen molar-refractivity contribution in [3.8, 4) is 11.5 Å². The Balaban J connectivity index is 0.000000187. The summed E-state index contributed by atoms with van der Waals surface area (Å²) in [6.07, 6.45) is 0.